The third kappa shape index (κ3) is 6.84. The van der Waals surface area contributed by atoms with E-state index >= 15 is 0 Å². The Morgan fingerprint density at radius 3 is 2.31 bits per heavy atom. The first kappa shape index (κ1) is 25.2. The highest BCUT2D eigenvalue weighted by Gasteiger charge is 2.33. The number of aromatic nitrogens is 2. The minimum Gasteiger partial charge on any atom is -0.497 e. The van der Waals surface area contributed by atoms with Gasteiger partial charge in [0.1, 0.15) is 17.2 Å². The van der Waals surface area contributed by atoms with Crippen molar-refractivity contribution in [2.45, 2.75) is 57.9 Å². The van der Waals surface area contributed by atoms with E-state index in [1.807, 2.05) is 70.3 Å². The van der Waals surface area contributed by atoms with E-state index in [1.165, 1.54) is 0 Å². The standard InChI is InChI=1S/C28H37N3O4/c1-28(2,3)34-19-22(32)17-31(21-11-12-21)18-25-26(20-9-7-6-8-10-20)29-30(4)27(25)35-24-15-13-23(33-5)14-16-24/h6-10,13-16,21-22,32H,11-12,17-19H2,1-5H3/t22-/m0/s1. The van der Waals surface area contributed by atoms with Crippen molar-refractivity contribution >= 4 is 0 Å². The van der Waals surface area contributed by atoms with Crippen molar-refractivity contribution in [2.75, 3.05) is 20.3 Å². The van der Waals surface area contributed by atoms with Crippen LogP contribution in [-0.2, 0) is 18.3 Å². The lowest BCUT2D eigenvalue weighted by Gasteiger charge is -2.27. The average molecular weight is 480 g/mol. The van der Waals surface area contributed by atoms with Crippen LogP contribution in [0.5, 0.6) is 17.4 Å². The smallest absolute Gasteiger partial charge is 0.222 e. The summed E-state index contributed by atoms with van der Waals surface area (Å²) >= 11 is 0. The van der Waals surface area contributed by atoms with Gasteiger partial charge in [-0.1, -0.05) is 30.3 Å². The molecule has 1 fully saturated rings. The molecular formula is C28H37N3O4. The van der Waals surface area contributed by atoms with Crippen molar-refractivity contribution in [3.63, 3.8) is 0 Å². The third-order valence-electron chi connectivity index (χ3n) is 5.99. The fraction of sp³-hybridized carbons (Fsp3) is 0.464. The predicted octanol–water partition coefficient (Wildman–Crippen LogP) is 5.03. The van der Waals surface area contributed by atoms with Crippen LogP contribution >= 0.6 is 0 Å². The number of hydrogen-bond acceptors (Lipinski definition) is 6. The van der Waals surface area contributed by atoms with Crippen LogP contribution in [0.15, 0.2) is 54.6 Å². The number of aryl methyl sites for hydroxylation is 1. The summed E-state index contributed by atoms with van der Waals surface area (Å²) < 4.78 is 19.3. The molecule has 35 heavy (non-hydrogen) atoms. The second kappa shape index (κ2) is 10.8. The molecule has 188 valence electrons. The Morgan fingerprint density at radius 2 is 1.71 bits per heavy atom. The van der Waals surface area contributed by atoms with E-state index in [4.69, 9.17) is 19.3 Å². The normalized spacial score (nSPS) is 14.8. The lowest BCUT2D eigenvalue weighted by molar-refractivity contribution is -0.0572. The fourth-order valence-corrected chi connectivity index (χ4v) is 4.06. The van der Waals surface area contributed by atoms with E-state index in [9.17, 15) is 5.11 Å². The molecule has 0 spiro atoms. The van der Waals surface area contributed by atoms with Gasteiger partial charge in [0.25, 0.3) is 0 Å². The van der Waals surface area contributed by atoms with E-state index in [0.29, 0.717) is 37.4 Å². The number of nitrogens with zero attached hydrogens (tertiary/aromatic N) is 3. The van der Waals surface area contributed by atoms with E-state index in [-0.39, 0.29) is 5.60 Å². The topological polar surface area (TPSA) is 69.0 Å². The van der Waals surface area contributed by atoms with E-state index in [0.717, 1.165) is 35.4 Å². The van der Waals surface area contributed by atoms with Crippen LogP contribution in [0.2, 0.25) is 0 Å². The highest BCUT2D eigenvalue weighted by Crippen LogP contribution is 2.37. The molecule has 0 unspecified atom stereocenters. The molecule has 1 N–H and O–H groups in total. The Morgan fingerprint density at radius 1 is 1.06 bits per heavy atom. The van der Waals surface area contributed by atoms with E-state index in [1.54, 1.807) is 11.8 Å². The number of ether oxygens (including phenoxy) is 3. The predicted molar refractivity (Wildman–Crippen MR) is 137 cm³/mol. The molecule has 2 aromatic carbocycles. The van der Waals surface area contributed by atoms with Crippen molar-refractivity contribution in [2.24, 2.45) is 7.05 Å². The van der Waals surface area contributed by atoms with Gasteiger partial charge in [-0.25, -0.2) is 4.68 Å². The Hall–Kier alpha value is -2.87. The minimum absolute atomic E-state index is 0.283. The molecule has 1 heterocycles. The highest BCUT2D eigenvalue weighted by atomic mass is 16.5. The Bertz CT molecular complexity index is 1090. The summed E-state index contributed by atoms with van der Waals surface area (Å²) in [5.41, 5.74) is 2.65. The number of rotatable bonds is 11. The maximum atomic E-state index is 10.8. The molecule has 0 amide bonds. The molecule has 0 radical (unpaired) electrons. The van der Waals surface area contributed by atoms with Crippen molar-refractivity contribution in [1.29, 1.82) is 0 Å². The molecule has 1 aliphatic carbocycles. The van der Waals surface area contributed by atoms with E-state index in [2.05, 4.69) is 17.0 Å². The Kier molecular flexibility index (Phi) is 7.79. The molecule has 1 saturated carbocycles. The Balaban J connectivity index is 1.62. The molecule has 0 bridgehead atoms. The summed E-state index contributed by atoms with van der Waals surface area (Å²) in [5, 5.41) is 15.6. The van der Waals surface area contributed by atoms with Gasteiger partial charge >= 0.3 is 0 Å². The summed E-state index contributed by atoms with van der Waals surface area (Å²) in [4.78, 5) is 2.33. The van der Waals surface area contributed by atoms with Gasteiger partial charge in [0.05, 0.1) is 31.0 Å². The average Bonchev–Trinajstić information content (AvgIpc) is 3.64. The molecular weight excluding hydrogens is 442 g/mol. The van der Waals surface area contributed by atoms with Crippen molar-refractivity contribution < 1.29 is 19.3 Å². The Labute approximate surface area is 208 Å². The van der Waals surface area contributed by atoms with Crippen molar-refractivity contribution in [3.05, 3.63) is 60.2 Å². The van der Waals surface area contributed by atoms with Gasteiger partial charge in [0.2, 0.25) is 5.88 Å². The van der Waals surface area contributed by atoms with Gasteiger partial charge in [0.15, 0.2) is 0 Å². The van der Waals surface area contributed by atoms with Crippen LogP contribution in [0.3, 0.4) is 0 Å². The molecule has 4 rings (SSSR count). The fourth-order valence-electron chi connectivity index (χ4n) is 4.06. The maximum absolute atomic E-state index is 10.8. The summed E-state index contributed by atoms with van der Waals surface area (Å²) in [7, 11) is 3.55. The van der Waals surface area contributed by atoms with Gasteiger partial charge in [-0.05, 0) is 57.9 Å². The van der Waals surface area contributed by atoms with Gasteiger partial charge in [-0.15, -0.1) is 0 Å². The van der Waals surface area contributed by atoms with Crippen LogP contribution < -0.4 is 9.47 Å². The molecule has 1 atom stereocenters. The number of hydrogen-bond donors (Lipinski definition) is 1. The second-order valence-corrected chi connectivity index (χ2v) is 10.1. The minimum atomic E-state index is -0.572. The zero-order valence-electron chi connectivity index (χ0n) is 21.4. The lowest BCUT2D eigenvalue weighted by atomic mass is 10.1. The maximum Gasteiger partial charge on any atom is 0.222 e. The number of aliphatic hydroxyl groups is 1. The van der Waals surface area contributed by atoms with E-state index < -0.39 is 6.10 Å². The van der Waals surface area contributed by atoms with Crippen LogP contribution in [0, 0.1) is 0 Å². The van der Waals surface area contributed by atoms with Crippen LogP contribution in [0.1, 0.15) is 39.2 Å². The summed E-state index contributed by atoms with van der Waals surface area (Å²) in [6.45, 7) is 7.47. The van der Waals surface area contributed by atoms with Crippen LogP contribution in [0.4, 0.5) is 0 Å². The van der Waals surface area contributed by atoms with Crippen LogP contribution in [-0.4, -0.2) is 57.8 Å². The summed E-state index contributed by atoms with van der Waals surface area (Å²) in [6, 6.07) is 18.2. The van der Waals surface area contributed by atoms with Crippen LogP contribution in [0.25, 0.3) is 11.3 Å². The SMILES string of the molecule is COc1ccc(Oc2c(CN(C[C@H](O)COC(C)(C)C)C3CC3)c(-c3ccccc3)nn2C)cc1. The van der Waals surface area contributed by atoms with Gasteiger partial charge < -0.3 is 19.3 Å². The molecule has 7 nitrogen and oxygen atoms in total. The van der Waals surface area contributed by atoms with Crippen molar-refractivity contribution in [1.82, 2.24) is 14.7 Å². The number of aliphatic hydroxyl groups excluding tert-OH is 1. The second-order valence-electron chi connectivity index (χ2n) is 10.1. The van der Waals surface area contributed by atoms with Gasteiger partial charge in [-0.2, -0.15) is 5.10 Å². The summed E-state index contributed by atoms with van der Waals surface area (Å²) in [5.74, 6) is 2.19. The first-order valence-corrected chi connectivity index (χ1v) is 12.2. The third-order valence-corrected chi connectivity index (χ3v) is 5.99. The number of benzene rings is 2. The molecule has 0 saturated heterocycles. The molecule has 3 aromatic rings. The van der Waals surface area contributed by atoms with Gasteiger partial charge in [0, 0.05) is 31.7 Å². The highest BCUT2D eigenvalue weighted by molar-refractivity contribution is 5.65. The van der Waals surface area contributed by atoms with Crippen molar-refractivity contribution in [3.8, 4) is 28.6 Å². The summed E-state index contributed by atoms with van der Waals surface area (Å²) in [6.07, 6.45) is 1.68. The first-order chi connectivity index (χ1) is 16.7. The van der Waals surface area contributed by atoms with Gasteiger partial charge in [-0.3, -0.25) is 4.90 Å². The zero-order chi connectivity index (χ0) is 25.0. The molecule has 1 aliphatic rings. The lowest BCUT2D eigenvalue weighted by Crippen LogP contribution is -2.37. The number of methoxy groups -OCH3 is 1. The molecule has 1 aromatic heterocycles. The molecule has 7 heteroatoms. The molecule has 0 aliphatic heterocycles. The quantitative estimate of drug-likeness (QED) is 0.416. The first-order valence-electron chi connectivity index (χ1n) is 12.2. The zero-order valence-corrected chi connectivity index (χ0v) is 21.4. The largest absolute Gasteiger partial charge is 0.497 e. The monoisotopic (exact) mass is 479 g/mol.